The van der Waals surface area contributed by atoms with Crippen molar-refractivity contribution < 1.29 is 5.11 Å². The largest absolute Gasteiger partial charge is 0.396 e. The molecule has 0 radical (unpaired) electrons. The highest BCUT2D eigenvalue weighted by molar-refractivity contribution is 9.10. The number of hydrogen-bond donors (Lipinski definition) is 3. The van der Waals surface area contributed by atoms with E-state index in [0.29, 0.717) is 18.0 Å². The molecular formula is C11H16BrClN2O. The average Bonchev–Trinajstić information content (AvgIpc) is 2.28. The Morgan fingerprint density at radius 1 is 1.50 bits per heavy atom. The van der Waals surface area contributed by atoms with Crippen molar-refractivity contribution in [1.82, 2.24) is 5.32 Å². The van der Waals surface area contributed by atoms with Gasteiger partial charge < -0.3 is 16.2 Å². The van der Waals surface area contributed by atoms with E-state index in [4.69, 9.17) is 22.4 Å². The molecule has 0 spiro atoms. The van der Waals surface area contributed by atoms with Crippen LogP contribution in [0.15, 0.2) is 22.7 Å². The summed E-state index contributed by atoms with van der Waals surface area (Å²) < 4.78 is 0.981. The summed E-state index contributed by atoms with van der Waals surface area (Å²) in [7, 11) is 0. The first-order valence-electron chi connectivity index (χ1n) is 5.18. The van der Waals surface area contributed by atoms with Gasteiger partial charge in [-0.15, -0.1) is 0 Å². The third kappa shape index (κ3) is 4.03. The second-order valence-electron chi connectivity index (χ2n) is 3.49. The van der Waals surface area contributed by atoms with E-state index in [0.717, 1.165) is 16.6 Å². The lowest BCUT2D eigenvalue weighted by molar-refractivity contribution is 0.283. The Labute approximate surface area is 109 Å². The fraction of sp³-hybridized carbons (Fsp3) is 0.455. The molecule has 1 atom stereocenters. The van der Waals surface area contributed by atoms with Crippen molar-refractivity contribution >= 4 is 27.5 Å². The third-order valence-electron chi connectivity index (χ3n) is 2.29. The van der Waals surface area contributed by atoms with Crippen LogP contribution in [-0.2, 0) is 0 Å². The first-order valence-corrected chi connectivity index (χ1v) is 6.35. The minimum atomic E-state index is 0.0246. The van der Waals surface area contributed by atoms with Crippen molar-refractivity contribution in [3.05, 3.63) is 33.3 Å². The normalized spacial score (nSPS) is 12.8. The lowest BCUT2D eigenvalue weighted by Gasteiger charge is -2.18. The number of halogens is 2. The van der Waals surface area contributed by atoms with Crippen molar-refractivity contribution in [1.29, 1.82) is 0 Å². The topological polar surface area (TPSA) is 58.3 Å². The van der Waals surface area contributed by atoms with Crippen LogP contribution in [0.5, 0.6) is 0 Å². The number of benzene rings is 1. The molecule has 1 unspecified atom stereocenters. The Morgan fingerprint density at radius 2 is 2.25 bits per heavy atom. The molecule has 90 valence electrons. The molecule has 0 bridgehead atoms. The lowest BCUT2D eigenvalue weighted by atomic mass is 10.1. The highest BCUT2D eigenvalue weighted by Gasteiger charge is 2.12. The van der Waals surface area contributed by atoms with Gasteiger partial charge in [0, 0.05) is 28.7 Å². The molecule has 0 aromatic heterocycles. The van der Waals surface area contributed by atoms with E-state index in [1.807, 2.05) is 18.2 Å². The van der Waals surface area contributed by atoms with Gasteiger partial charge in [-0.25, -0.2) is 0 Å². The molecule has 5 heteroatoms. The van der Waals surface area contributed by atoms with Crippen molar-refractivity contribution in [3.8, 4) is 0 Å². The van der Waals surface area contributed by atoms with Gasteiger partial charge in [0.2, 0.25) is 0 Å². The summed E-state index contributed by atoms with van der Waals surface area (Å²) in [4.78, 5) is 0. The van der Waals surface area contributed by atoms with Crippen LogP contribution in [0.3, 0.4) is 0 Å². The minimum Gasteiger partial charge on any atom is -0.396 e. The van der Waals surface area contributed by atoms with Gasteiger partial charge in [-0.2, -0.15) is 0 Å². The van der Waals surface area contributed by atoms with Gasteiger partial charge in [-0.05, 0) is 36.7 Å². The van der Waals surface area contributed by atoms with E-state index < -0.39 is 0 Å². The lowest BCUT2D eigenvalue weighted by Crippen LogP contribution is -2.29. The van der Waals surface area contributed by atoms with E-state index in [1.54, 1.807) is 0 Å². The zero-order valence-corrected chi connectivity index (χ0v) is 11.3. The van der Waals surface area contributed by atoms with E-state index in [1.165, 1.54) is 0 Å². The monoisotopic (exact) mass is 306 g/mol. The van der Waals surface area contributed by atoms with Crippen molar-refractivity contribution in [3.63, 3.8) is 0 Å². The third-order valence-corrected chi connectivity index (χ3v) is 3.13. The second-order valence-corrected chi connectivity index (χ2v) is 4.81. The number of hydrogen-bond acceptors (Lipinski definition) is 3. The van der Waals surface area contributed by atoms with Crippen LogP contribution in [0.25, 0.3) is 0 Å². The van der Waals surface area contributed by atoms with Crippen LogP contribution in [0.4, 0.5) is 0 Å². The van der Waals surface area contributed by atoms with Crippen molar-refractivity contribution in [2.45, 2.75) is 12.5 Å². The molecule has 16 heavy (non-hydrogen) atoms. The van der Waals surface area contributed by atoms with Crippen LogP contribution >= 0.6 is 27.5 Å². The number of aliphatic hydroxyl groups is 1. The highest BCUT2D eigenvalue weighted by atomic mass is 79.9. The SMILES string of the molecule is NCC(NCCCO)c1cc(Br)ccc1Cl. The molecule has 0 saturated carbocycles. The first-order chi connectivity index (χ1) is 7.69. The maximum absolute atomic E-state index is 8.72. The zero-order valence-electron chi connectivity index (χ0n) is 8.92. The molecule has 1 aromatic rings. The molecule has 0 heterocycles. The second kappa shape index (κ2) is 7.25. The Morgan fingerprint density at radius 3 is 2.88 bits per heavy atom. The Bertz CT molecular complexity index is 336. The molecule has 0 amide bonds. The standard InChI is InChI=1S/C11H16BrClN2O/c12-8-2-3-10(13)9(6-8)11(7-14)15-4-1-5-16/h2-3,6,11,15-16H,1,4-5,7,14H2. The maximum atomic E-state index is 8.72. The van der Waals surface area contributed by atoms with E-state index in [2.05, 4.69) is 21.2 Å². The Kier molecular flexibility index (Phi) is 6.31. The summed E-state index contributed by atoms with van der Waals surface area (Å²) in [6, 6.07) is 5.73. The molecule has 0 fully saturated rings. The summed E-state index contributed by atoms with van der Waals surface area (Å²) in [6.07, 6.45) is 0.710. The average molecular weight is 308 g/mol. The molecule has 1 rings (SSSR count). The van der Waals surface area contributed by atoms with Crippen LogP contribution in [0.2, 0.25) is 5.02 Å². The smallest absolute Gasteiger partial charge is 0.0459 e. The van der Waals surface area contributed by atoms with Crippen molar-refractivity contribution in [2.24, 2.45) is 5.73 Å². The first kappa shape index (κ1) is 13.9. The number of rotatable bonds is 6. The molecule has 0 aliphatic carbocycles. The van der Waals surface area contributed by atoms with Crippen LogP contribution in [-0.4, -0.2) is 24.8 Å². The summed E-state index contributed by atoms with van der Waals surface area (Å²) in [5, 5.41) is 12.7. The maximum Gasteiger partial charge on any atom is 0.0459 e. The van der Waals surface area contributed by atoms with Gasteiger partial charge in [0.1, 0.15) is 0 Å². The van der Waals surface area contributed by atoms with E-state index >= 15 is 0 Å². The molecule has 1 aromatic carbocycles. The predicted molar refractivity (Wildman–Crippen MR) is 70.7 cm³/mol. The van der Waals surface area contributed by atoms with Gasteiger partial charge in [0.25, 0.3) is 0 Å². The quantitative estimate of drug-likeness (QED) is 0.705. The number of nitrogens with one attached hydrogen (secondary N) is 1. The van der Waals surface area contributed by atoms with Gasteiger partial charge in [0.15, 0.2) is 0 Å². The summed E-state index contributed by atoms with van der Waals surface area (Å²) in [5.74, 6) is 0. The molecular weight excluding hydrogens is 291 g/mol. The summed E-state index contributed by atoms with van der Waals surface area (Å²) in [6.45, 7) is 1.37. The van der Waals surface area contributed by atoms with E-state index in [9.17, 15) is 0 Å². The molecule has 0 aliphatic heterocycles. The molecule has 4 N–H and O–H groups in total. The molecule has 3 nitrogen and oxygen atoms in total. The van der Waals surface area contributed by atoms with Gasteiger partial charge in [-0.1, -0.05) is 27.5 Å². The Hall–Kier alpha value is -0.130. The fourth-order valence-corrected chi connectivity index (χ4v) is 2.09. The van der Waals surface area contributed by atoms with Gasteiger partial charge in [0.05, 0.1) is 0 Å². The minimum absolute atomic E-state index is 0.0246. The molecule has 0 aliphatic rings. The number of aliphatic hydroxyl groups excluding tert-OH is 1. The van der Waals surface area contributed by atoms with Crippen LogP contribution in [0, 0.1) is 0 Å². The van der Waals surface area contributed by atoms with Crippen LogP contribution < -0.4 is 11.1 Å². The fourth-order valence-electron chi connectivity index (χ4n) is 1.46. The Balaban J connectivity index is 2.73. The van der Waals surface area contributed by atoms with Gasteiger partial charge in [-0.3, -0.25) is 0 Å². The zero-order chi connectivity index (χ0) is 12.0. The molecule has 0 saturated heterocycles. The summed E-state index contributed by atoms with van der Waals surface area (Å²) >= 11 is 9.53. The van der Waals surface area contributed by atoms with E-state index in [-0.39, 0.29) is 12.6 Å². The predicted octanol–water partition coefficient (Wildman–Crippen LogP) is 2.07. The number of nitrogens with two attached hydrogens (primary N) is 1. The highest BCUT2D eigenvalue weighted by Crippen LogP contribution is 2.26. The summed E-state index contributed by atoms with van der Waals surface area (Å²) in [5.41, 5.74) is 6.69. The van der Waals surface area contributed by atoms with Crippen molar-refractivity contribution in [2.75, 3.05) is 19.7 Å². The van der Waals surface area contributed by atoms with Gasteiger partial charge >= 0.3 is 0 Å². The van der Waals surface area contributed by atoms with Crippen LogP contribution in [0.1, 0.15) is 18.0 Å².